The van der Waals surface area contributed by atoms with E-state index in [0.717, 1.165) is 19.3 Å². The van der Waals surface area contributed by atoms with E-state index < -0.39 is 0 Å². The standard InChI is InChI=1S/C15H22O/c1-10-6-5-7-12(10)14-13(15(14,3)4)9-8-11(2)16/h7,13-14H,1,5-6,8-9H2,2-4H3. The molecule has 1 saturated carbocycles. The molecule has 0 N–H and O–H groups in total. The Morgan fingerprint density at radius 1 is 1.56 bits per heavy atom. The third kappa shape index (κ3) is 1.88. The third-order valence-corrected chi connectivity index (χ3v) is 4.41. The number of hydrogen-bond acceptors (Lipinski definition) is 1. The maximum Gasteiger partial charge on any atom is 0.129 e. The number of hydrogen-bond donors (Lipinski definition) is 0. The molecule has 0 aromatic rings. The van der Waals surface area contributed by atoms with Crippen molar-refractivity contribution in [3.63, 3.8) is 0 Å². The van der Waals surface area contributed by atoms with Crippen molar-refractivity contribution >= 4 is 5.78 Å². The Bertz CT molecular complexity index is 360. The van der Waals surface area contributed by atoms with Gasteiger partial charge < -0.3 is 4.79 Å². The maximum atomic E-state index is 11.0. The minimum absolute atomic E-state index is 0.320. The van der Waals surface area contributed by atoms with E-state index in [9.17, 15) is 4.79 Å². The van der Waals surface area contributed by atoms with Crippen molar-refractivity contribution in [1.82, 2.24) is 0 Å². The molecule has 2 atom stereocenters. The number of Topliss-reactive ketones (excluding diaryl/α,β-unsaturated/α-hetero) is 1. The molecule has 1 nitrogen and oxygen atoms in total. The van der Waals surface area contributed by atoms with Crippen LogP contribution in [0.5, 0.6) is 0 Å². The molecule has 1 heteroatoms. The molecule has 0 heterocycles. The fourth-order valence-corrected chi connectivity index (χ4v) is 3.30. The van der Waals surface area contributed by atoms with Crippen LogP contribution < -0.4 is 0 Å². The Morgan fingerprint density at radius 2 is 2.25 bits per heavy atom. The molecule has 0 saturated heterocycles. The van der Waals surface area contributed by atoms with Crippen LogP contribution in [0.1, 0.15) is 46.5 Å². The van der Waals surface area contributed by atoms with Gasteiger partial charge in [-0.3, -0.25) is 0 Å². The quantitative estimate of drug-likeness (QED) is 0.699. The van der Waals surface area contributed by atoms with Crippen LogP contribution in [-0.4, -0.2) is 5.78 Å². The second kappa shape index (κ2) is 3.87. The number of carbonyl (C=O) groups excluding carboxylic acids is 1. The second-order valence-electron chi connectivity index (χ2n) is 5.95. The first-order valence-corrected chi connectivity index (χ1v) is 6.32. The van der Waals surface area contributed by atoms with Crippen LogP contribution in [0.3, 0.4) is 0 Å². The Kier molecular flexibility index (Phi) is 2.81. The molecule has 2 rings (SSSR count). The van der Waals surface area contributed by atoms with Gasteiger partial charge in [-0.25, -0.2) is 0 Å². The summed E-state index contributed by atoms with van der Waals surface area (Å²) in [4.78, 5) is 11.0. The van der Waals surface area contributed by atoms with Crippen molar-refractivity contribution in [2.45, 2.75) is 46.5 Å². The molecule has 0 amide bonds. The molecule has 0 spiro atoms. The monoisotopic (exact) mass is 218 g/mol. The van der Waals surface area contributed by atoms with E-state index in [1.54, 1.807) is 6.92 Å². The highest BCUT2D eigenvalue weighted by atomic mass is 16.1. The Hall–Kier alpha value is -0.850. The molecule has 0 aromatic carbocycles. The fraction of sp³-hybridized carbons (Fsp3) is 0.667. The lowest BCUT2D eigenvalue weighted by Crippen LogP contribution is -1.94. The first kappa shape index (κ1) is 11.6. The highest BCUT2D eigenvalue weighted by Gasteiger charge is 2.58. The van der Waals surface area contributed by atoms with Crippen molar-refractivity contribution in [2.24, 2.45) is 17.3 Å². The minimum atomic E-state index is 0.320. The fourth-order valence-electron chi connectivity index (χ4n) is 3.30. The summed E-state index contributed by atoms with van der Waals surface area (Å²) in [5, 5.41) is 0. The summed E-state index contributed by atoms with van der Waals surface area (Å²) in [5.74, 6) is 1.68. The van der Waals surface area contributed by atoms with Crippen molar-refractivity contribution in [3.8, 4) is 0 Å². The van der Waals surface area contributed by atoms with Gasteiger partial charge in [-0.15, -0.1) is 0 Å². The van der Waals surface area contributed by atoms with Gasteiger partial charge in [0.2, 0.25) is 0 Å². The molecule has 0 radical (unpaired) electrons. The lowest BCUT2D eigenvalue weighted by atomic mass is 10.00. The number of carbonyl (C=O) groups is 1. The zero-order valence-corrected chi connectivity index (χ0v) is 10.7. The van der Waals surface area contributed by atoms with Gasteiger partial charge in [-0.2, -0.15) is 0 Å². The Labute approximate surface area is 98.6 Å². The highest BCUT2D eigenvalue weighted by molar-refractivity contribution is 5.75. The van der Waals surface area contributed by atoms with E-state index in [-0.39, 0.29) is 0 Å². The first-order chi connectivity index (χ1) is 7.44. The largest absolute Gasteiger partial charge is 0.300 e. The van der Waals surface area contributed by atoms with E-state index in [0.29, 0.717) is 23.0 Å². The van der Waals surface area contributed by atoms with Gasteiger partial charge in [0, 0.05) is 6.42 Å². The number of ketones is 1. The van der Waals surface area contributed by atoms with Crippen LogP contribution in [0.15, 0.2) is 23.8 Å². The van der Waals surface area contributed by atoms with Gasteiger partial charge in [-0.05, 0) is 49.0 Å². The summed E-state index contributed by atoms with van der Waals surface area (Å²) in [5.41, 5.74) is 3.22. The summed E-state index contributed by atoms with van der Waals surface area (Å²) < 4.78 is 0. The zero-order chi connectivity index (χ0) is 11.9. The molecule has 0 aromatic heterocycles. The molecule has 0 aliphatic heterocycles. The highest BCUT2D eigenvalue weighted by Crippen LogP contribution is 2.65. The van der Waals surface area contributed by atoms with Crippen molar-refractivity contribution in [1.29, 1.82) is 0 Å². The lowest BCUT2D eigenvalue weighted by Gasteiger charge is -2.05. The van der Waals surface area contributed by atoms with Gasteiger partial charge in [0.15, 0.2) is 0 Å². The summed E-state index contributed by atoms with van der Waals surface area (Å²) >= 11 is 0. The number of rotatable bonds is 4. The Morgan fingerprint density at radius 3 is 2.75 bits per heavy atom. The normalized spacial score (nSPS) is 31.4. The van der Waals surface area contributed by atoms with E-state index in [4.69, 9.17) is 0 Å². The second-order valence-corrected chi connectivity index (χ2v) is 5.95. The molecular weight excluding hydrogens is 196 g/mol. The number of allylic oxidation sites excluding steroid dienone is 3. The summed E-state index contributed by atoms with van der Waals surface area (Å²) in [6.07, 6.45) is 6.46. The molecule has 2 aliphatic rings. The average Bonchev–Trinajstić information content (AvgIpc) is 2.53. The lowest BCUT2D eigenvalue weighted by molar-refractivity contribution is -0.117. The predicted octanol–water partition coefficient (Wildman–Crippen LogP) is 3.90. The molecule has 2 unspecified atom stereocenters. The molecule has 16 heavy (non-hydrogen) atoms. The van der Waals surface area contributed by atoms with Gasteiger partial charge in [0.1, 0.15) is 5.78 Å². The van der Waals surface area contributed by atoms with Gasteiger partial charge in [0.05, 0.1) is 0 Å². The zero-order valence-electron chi connectivity index (χ0n) is 10.7. The van der Waals surface area contributed by atoms with Gasteiger partial charge in [-0.1, -0.05) is 32.1 Å². The first-order valence-electron chi connectivity index (χ1n) is 6.32. The predicted molar refractivity (Wildman–Crippen MR) is 67.1 cm³/mol. The maximum absolute atomic E-state index is 11.0. The van der Waals surface area contributed by atoms with Crippen molar-refractivity contribution < 1.29 is 4.79 Å². The van der Waals surface area contributed by atoms with Crippen LogP contribution in [-0.2, 0) is 4.79 Å². The van der Waals surface area contributed by atoms with Crippen LogP contribution in [0.25, 0.3) is 0 Å². The third-order valence-electron chi connectivity index (χ3n) is 4.41. The SMILES string of the molecule is C=C1CCC=C1C1C(CCC(C)=O)C1(C)C. The summed E-state index contributed by atoms with van der Waals surface area (Å²) in [6, 6.07) is 0. The van der Waals surface area contributed by atoms with E-state index in [1.165, 1.54) is 17.6 Å². The molecule has 2 aliphatic carbocycles. The van der Waals surface area contributed by atoms with E-state index in [1.807, 2.05) is 0 Å². The Balaban J connectivity index is 2.02. The van der Waals surface area contributed by atoms with Crippen molar-refractivity contribution in [3.05, 3.63) is 23.8 Å². The smallest absolute Gasteiger partial charge is 0.129 e. The van der Waals surface area contributed by atoms with E-state index >= 15 is 0 Å². The van der Waals surface area contributed by atoms with Crippen molar-refractivity contribution in [2.75, 3.05) is 0 Å². The van der Waals surface area contributed by atoms with Crippen LogP contribution in [0, 0.1) is 17.3 Å². The van der Waals surface area contributed by atoms with E-state index in [2.05, 4.69) is 26.5 Å². The summed E-state index contributed by atoms with van der Waals surface area (Å²) in [6.45, 7) is 10.5. The molecule has 1 fully saturated rings. The summed E-state index contributed by atoms with van der Waals surface area (Å²) in [7, 11) is 0. The van der Waals surface area contributed by atoms with Crippen LogP contribution >= 0.6 is 0 Å². The molecule has 88 valence electrons. The minimum Gasteiger partial charge on any atom is -0.300 e. The molecular formula is C15H22O. The molecule has 0 bridgehead atoms. The topological polar surface area (TPSA) is 17.1 Å². The van der Waals surface area contributed by atoms with Gasteiger partial charge >= 0.3 is 0 Å². The van der Waals surface area contributed by atoms with Gasteiger partial charge in [0.25, 0.3) is 0 Å². The van der Waals surface area contributed by atoms with Crippen LogP contribution in [0.2, 0.25) is 0 Å². The average molecular weight is 218 g/mol. The van der Waals surface area contributed by atoms with Crippen LogP contribution in [0.4, 0.5) is 0 Å².